The first-order valence-electron chi connectivity index (χ1n) is 7.02. The van der Waals surface area contributed by atoms with Gasteiger partial charge in [-0.25, -0.2) is 0 Å². The summed E-state index contributed by atoms with van der Waals surface area (Å²) < 4.78 is 0. The molecule has 23 heavy (non-hydrogen) atoms. The first-order valence-corrected chi connectivity index (χ1v) is 7.40. The monoisotopic (exact) mass is 328 g/mol. The van der Waals surface area contributed by atoms with Gasteiger partial charge in [-0.05, 0) is 35.9 Å². The van der Waals surface area contributed by atoms with E-state index in [4.69, 9.17) is 11.6 Å². The molecule has 2 aromatic carbocycles. The third-order valence-corrected chi connectivity index (χ3v) is 3.45. The van der Waals surface area contributed by atoms with Gasteiger partial charge in [0.2, 0.25) is 5.91 Å². The molecule has 0 aliphatic rings. The van der Waals surface area contributed by atoms with Crippen LogP contribution in [0.4, 0.5) is 5.69 Å². The molecule has 2 rings (SSSR count). The number of halogens is 1. The zero-order valence-corrected chi connectivity index (χ0v) is 13.7. The van der Waals surface area contributed by atoms with Crippen LogP contribution in [-0.2, 0) is 4.79 Å². The fraction of sp³-hybridized carbons (Fsp3) is 0.111. The zero-order chi connectivity index (χ0) is 16.8. The number of hydrogen-bond donors (Lipinski definition) is 1. The minimum atomic E-state index is -0.272. The topological polar surface area (TPSA) is 49.4 Å². The van der Waals surface area contributed by atoms with Crippen molar-refractivity contribution in [2.75, 3.05) is 19.4 Å². The third kappa shape index (κ3) is 4.69. The Kier molecular flexibility index (Phi) is 5.55. The zero-order valence-electron chi connectivity index (χ0n) is 12.9. The second kappa shape index (κ2) is 7.61. The van der Waals surface area contributed by atoms with E-state index in [2.05, 4.69) is 5.32 Å². The Balaban J connectivity index is 2.01. The number of para-hydroxylation sites is 1. The molecule has 118 valence electrons. The van der Waals surface area contributed by atoms with Crippen LogP contribution in [0.15, 0.2) is 54.6 Å². The van der Waals surface area contributed by atoms with Gasteiger partial charge < -0.3 is 10.2 Å². The number of anilines is 1. The van der Waals surface area contributed by atoms with E-state index in [0.29, 0.717) is 16.3 Å². The van der Waals surface area contributed by atoms with Crippen LogP contribution in [-0.4, -0.2) is 30.8 Å². The van der Waals surface area contributed by atoms with Crippen LogP contribution in [0.25, 0.3) is 6.08 Å². The van der Waals surface area contributed by atoms with Crippen LogP contribution in [0.3, 0.4) is 0 Å². The highest BCUT2D eigenvalue weighted by molar-refractivity contribution is 6.33. The summed E-state index contributed by atoms with van der Waals surface area (Å²) in [6.45, 7) is 0. The predicted molar refractivity (Wildman–Crippen MR) is 93.6 cm³/mol. The molecule has 0 saturated carbocycles. The molecule has 0 aliphatic heterocycles. The summed E-state index contributed by atoms with van der Waals surface area (Å²) >= 11 is 5.98. The van der Waals surface area contributed by atoms with E-state index in [-0.39, 0.29) is 11.8 Å². The SMILES string of the molecule is CN(C)C(=O)c1ccc(/C=C/C(=O)Nc2ccccc2Cl)cc1. The molecule has 0 aromatic heterocycles. The lowest BCUT2D eigenvalue weighted by Crippen LogP contribution is -2.21. The highest BCUT2D eigenvalue weighted by Crippen LogP contribution is 2.20. The number of nitrogens with one attached hydrogen (secondary N) is 1. The van der Waals surface area contributed by atoms with Crippen LogP contribution in [0, 0.1) is 0 Å². The Morgan fingerprint density at radius 2 is 1.70 bits per heavy atom. The van der Waals surface area contributed by atoms with Crippen molar-refractivity contribution in [3.63, 3.8) is 0 Å². The van der Waals surface area contributed by atoms with Gasteiger partial charge in [-0.2, -0.15) is 0 Å². The van der Waals surface area contributed by atoms with Crippen molar-refractivity contribution in [2.24, 2.45) is 0 Å². The summed E-state index contributed by atoms with van der Waals surface area (Å²) in [6.07, 6.45) is 3.10. The summed E-state index contributed by atoms with van der Waals surface area (Å²) in [5.41, 5.74) is 2.00. The van der Waals surface area contributed by atoms with Gasteiger partial charge in [-0.15, -0.1) is 0 Å². The molecule has 0 heterocycles. The molecule has 0 unspecified atom stereocenters. The van der Waals surface area contributed by atoms with E-state index >= 15 is 0 Å². The molecule has 0 radical (unpaired) electrons. The smallest absolute Gasteiger partial charge is 0.253 e. The summed E-state index contributed by atoms with van der Waals surface area (Å²) in [6, 6.07) is 14.1. The molecule has 2 amide bonds. The van der Waals surface area contributed by atoms with Crippen molar-refractivity contribution in [3.8, 4) is 0 Å². The van der Waals surface area contributed by atoms with Gasteiger partial charge in [0.25, 0.3) is 5.91 Å². The van der Waals surface area contributed by atoms with Gasteiger partial charge in [0.15, 0.2) is 0 Å². The standard InChI is InChI=1S/C18H17ClN2O2/c1-21(2)18(23)14-10-7-13(8-11-14)9-12-17(22)20-16-6-4-3-5-15(16)19/h3-12H,1-2H3,(H,20,22)/b12-9+. The second-order valence-corrected chi connectivity index (χ2v) is 5.53. The van der Waals surface area contributed by atoms with Crippen LogP contribution in [0.2, 0.25) is 5.02 Å². The largest absolute Gasteiger partial charge is 0.345 e. The van der Waals surface area contributed by atoms with E-state index in [1.807, 2.05) is 0 Å². The van der Waals surface area contributed by atoms with E-state index in [0.717, 1.165) is 5.56 Å². The molecule has 4 nitrogen and oxygen atoms in total. The average molecular weight is 329 g/mol. The minimum absolute atomic E-state index is 0.0583. The van der Waals surface area contributed by atoms with E-state index < -0.39 is 0 Å². The molecule has 0 aliphatic carbocycles. The molecule has 1 N–H and O–H groups in total. The number of amides is 2. The Morgan fingerprint density at radius 3 is 2.30 bits per heavy atom. The first kappa shape index (κ1) is 16.8. The van der Waals surface area contributed by atoms with Gasteiger partial charge in [-0.3, -0.25) is 9.59 Å². The normalized spacial score (nSPS) is 10.6. The lowest BCUT2D eigenvalue weighted by molar-refractivity contribution is -0.111. The molecular weight excluding hydrogens is 312 g/mol. The van der Waals surface area contributed by atoms with Gasteiger partial charge in [0.1, 0.15) is 0 Å². The third-order valence-electron chi connectivity index (χ3n) is 3.12. The first-order chi connectivity index (χ1) is 11.0. The lowest BCUT2D eigenvalue weighted by Gasteiger charge is -2.09. The predicted octanol–water partition coefficient (Wildman–Crippen LogP) is 3.69. The van der Waals surface area contributed by atoms with Crippen molar-refractivity contribution in [2.45, 2.75) is 0 Å². The Hall–Kier alpha value is -2.59. The molecule has 0 fully saturated rings. The number of benzene rings is 2. The van der Waals surface area contributed by atoms with E-state index in [9.17, 15) is 9.59 Å². The number of nitrogens with zero attached hydrogens (tertiary/aromatic N) is 1. The maximum atomic E-state index is 11.9. The van der Waals surface area contributed by atoms with Crippen molar-refractivity contribution in [1.82, 2.24) is 4.90 Å². The highest BCUT2D eigenvalue weighted by atomic mass is 35.5. The fourth-order valence-electron chi connectivity index (χ4n) is 1.90. The molecule has 0 spiro atoms. The minimum Gasteiger partial charge on any atom is -0.345 e. The Labute approximate surface area is 140 Å². The van der Waals surface area contributed by atoms with Gasteiger partial charge in [0, 0.05) is 25.7 Å². The average Bonchev–Trinajstić information content (AvgIpc) is 2.55. The van der Waals surface area contributed by atoms with Crippen LogP contribution in [0.1, 0.15) is 15.9 Å². The van der Waals surface area contributed by atoms with Crippen LogP contribution in [0.5, 0.6) is 0 Å². The molecular formula is C18H17ClN2O2. The fourth-order valence-corrected chi connectivity index (χ4v) is 2.09. The van der Waals surface area contributed by atoms with Crippen molar-refractivity contribution >= 4 is 35.2 Å². The maximum Gasteiger partial charge on any atom is 0.253 e. The van der Waals surface area contributed by atoms with Gasteiger partial charge in [0.05, 0.1) is 10.7 Å². The lowest BCUT2D eigenvalue weighted by atomic mass is 10.1. The maximum absolute atomic E-state index is 11.9. The molecule has 0 bridgehead atoms. The summed E-state index contributed by atoms with van der Waals surface area (Å²) in [4.78, 5) is 25.2. The van der Waals surface area contributed by atoms with Crippen LogP contribution < -0.4 is 5.32 Å². The van der Waals surface area contributed by atoms with Gasteiger partial charge >= 0.3 is 0 Å². The Bertz CT molecular complexity index is 737. The number of carbonyl (C=O) groups excluding carboxylic acids is 2. The highest BCUT2D eigenvalue weighted by Gasteiger charge is 2.06. The van der Waals surface area contributed by atoms with Crippen molar-refractivity contribution in [3.05, 3.63) is 70.8 Å². The Morgan fingerprint density at radius 1 is 1.04 bits per heavy atom. The van der Waals surface area contributed by atoms with Gasteiger partial charge in [-0.1, -0.05) is 35.9 Å². The second-order valence-electron chi connectivity index (χ2n) is 5.12. The summed E-state index contributed by atoms with van der Waals surface area (Å²) in [5.74, 6) is -0.330. The van der Waals surface area contributed by atoms with E-state index in [1.54, 1.807) is 68.7 Å². The van der Waals surface area contributed by atoms with Crippen molar-refractivity contribution < 1.29 is 9.59 Å². The number of rotatable bonds is 4. The quantitative estimate of drug-likeness (QED) is 0.870. The number of hydrogen-bond acceptors (Lipinski definition) is 2. The van der Waals surface area contributed by atoms with E-state index in [1.165, 1.54) is 11.0 Å². The van der Waals surface area contributed by atoms with Crippen molar-refractivity contribution in [1.29, 1.82) is 0 Å². The molecule has 2 aromatic rings. The molecule has 5 heteroatoms. The summed E-state index contributed by atoms with van der Waals surface area (Å²) in [7, 11) is 3.41. The summed E-state index contributed by atoms with van der Waals surface area (Å²) in [5, 5.41) is 3.19. The molecule has 0 saturated heterocycles. The molecule has 0 atom stereocenters. The van der Waals surface area contributed by atoms with Crippen LogP contribution >= 0.6 is 11.6 Å². The number of carbonyl (C=O) groups is 2.